The molecular formula is C24H28N4O3. The number of nitrogens with zero attached hydrogens (tertiary/aromatic N) is 3. The van der Waals surface area contributed by atoms with Crippen molar-refractivity contribution in [1.82, 2.24) is 14.5 Å². The summed E-state index contributed by atoms with van der Waals surface area (Å²) in [6.45, 7) is 0.723. The summed E-state index contributed by atoms with van der Waals surface area (Å²) >= 11 is 0. The summed E-state index contributed by atoms with van der Waals surface area (Å²) in [5.74, 6) is 1.54. The van der Waals surface area contributed by atoms with Crippen molar-refractivity contribution < 1.29 is 9.47 Å². The first kappa shape index (κ1) is 20.0. The molecule has 2 N–H and O–H groups in total. The number of aryl methyl sites for hydroxylation is 1. The summed E-state index contributed by atoms with van der Waals surface area (Å²) < 4.78 is 13.2. The van der Waals surface area contributed by atoms with E-state index in [9.17, 15) is 4.79 Å². The van der Waals surface area contributed by atoms with Crippen LogP contribution in [0.5, 0.6) is 11.5 Å². The van der Waals surface area contributed by atoms with Gasteiger partial charge in [0.2, 0.25) is 0 Å². The lowest BCUT2D eigenvalue weighted by atomic mass is 9.44. The average Bonchev–Trinajstić information content (AvgIpc) is 2.73. The van der Waals surface area contributed by atoms with Crippen LogP contribution in [0.3, 0.4) is 0 Å². The molecular weight excluding hydrogens is 392 g/mol. The van der Waals surface area contributed by atoms with Crippen LogP contribution in [0, 0.1) is 0 Å². The minimum Gasteiger partial charge on any atom is -0.496 e. The number of nitrogens with two attached hydrogens (primary N) is 1. The molecule has 2 bridgehead atoms. The van der Waals surface area contributed by atoms with Crippen LogP contribution in [0.1, 0.15) is 24.8 Å². The molecule has 3 aromatic rings. The maximum atomic E-state index is 12.5. The lowest BCUT2D eigenvalue weighted by molar-refractivity contribution is -0.156. The van der Waals surface area contributed by atoms with Gasteiger partial charge in [0, 0.05) is 48.8 Å². The molecule has 2 aromatic heterocycles. The Bertz CT molecular complexity index is 1200. The van der Waals surface area contributed by atoms with E-state index in [1.54, 1.807) is 38.2 Å². The molecule has 0 saturated heterocycles. The Kier molecular flexibility index (Phi) is 4.39. The average molecular weight is 421 g/mol. The van der Waals surface area contributed by atoms with Crippen LogP contribution in [0.2, 0.25) is 0 Å². The van der Waals surface area contributed by atoms with E-state index < -0.39 is 0 Å². The third kappa shape index (κ3) is 2.95. The Balaban J connectivity index is 1.59. The van der Waals surface area contributed by atoms with Crippen LogP contribution in [-0.4, -0.2) is 46.8 Å². The normalized spacial score (nSPS) is 24.1. The largest absolute Gasteiger partial charge is 0.496 e. The lowest BCUT2D eigenvalue weighted by Gasteiger charge is -2.72. The molecule has 0 unspecified atom stereocenters. The third-order valence-corrected chi connectivity index (χ3v) is 7.15. The van der Waals surface area contributed by atoms with E-state index >= 15 is 0 Å². The van der Waals surface area contributed by atoms with Crippen LogP contribution in [0.15, 0.2) is 41.6 Å². The fraction of sp³-hybridized carbons (Fsp3) is 0.417. The molecule has 7 heteroatoms. The molecule has 0 atom stereocenters. The van der Waals surface area contributed by atoms with Gasteiger partial charge in [-0.15, -0.1) is 0 Å². The number of aromatic nitrogens is 2. The number of hydrogen-bond acceptors (Lipinski definition) is 6. The highest BCUT2D eigenvalue weighted by Crippen LogP contribution is 2.62. The fourth-order valence-corrected chi connectivity index (χ4v) is 5.46. The van der Waals surface area contributed by atoms with E-state index in [1.165, 1.54) is 0 Å². The van der Waals surface area contributed by atoms with Crippen molar-refractivity contribution in [3.63, 3.8) is 0 Å². The first-order chi connectivity index (χ1) is 14.8. The number of fused-ring (bicyclic) bond motifs is 1. The zero-order valence-electron chi connectivity index (χ0n) is 18.4. The molecule has 0 radical (unpaired) electrons. The Labute approximate surface area is 181 Å². The van der Waals surface area contributed by atoms with Gasteiger partial charge in [0.25, 0.3) is 5.56 Å². The van der Waals surface area contributed by atoms with Crippen molar-refractivity contribution in [3.05, 3.63) is 52.7 Å². The first-order valence-corrected chi connectivity index (χ1v) is 10.5. The summed E-state index contributed by atoms with van der Waals surface area (Å²) in [5.41, 5.74) is 9.34. The summed E-state index contributed by atoms with van der Waals surface area (Å²) in [6.07, 6.45) is 8.34. The second-order valence-electron chi connectivity index (χ2n) is 9.21. The third-order valence-electron chi connectivity index (χ3n) is 7.15. The highest BCUT2D eigenvalue weighted by molar-refractivity contribution is 5.95. The van der Waals surface area contributed by atoms with Gasteiger partial charge in [-0.1, -0.05) is 0 Å². The second-order valence-corrected chi connectivity index (χ2v) is 9.21. The van der Waals surface area contributed by atoms with Crippen molar-refractivity contribution in [2.45, 2.75) is 36.9 Å². The molecule has 3 saturated carbocycles. The van der Waals surface area contributed by atoms with Crippen molar-refractivity contribution >= 4 is 10.8 Å². The van der Waals surface area contributed by atoms with Gasteiger partial charge >= 0.3 is 0 Å². The highest BCUT2D eigenvalue weighted by atomic mass is 16.5. The standard InChI is InChI=1S/C24H28N4O3/c1-27-10-18(16-5-6-26-9-17(16)22(27)29)15-7-20(30-3)19(21(8-15)31-4)11-28(2)24-12-23(25,13-24)14-24/h5-10H,11-14,25H2,1-4H3. The Morgan fingerprint density at radius 2 is 1.81 bits per heavy atom. The van der Waals surface area contributed by atoms with E-state index in [-0.39, 0.29) is 16.6 Å². The van der Waals surface area contributed by atoms with Gasteiger partial charge in [0.15, 0.2) is 0 Å². The number of benzene rings is 1. The van der Waals surface area contributed by atoms with Gasteiger partial charge in [-0.25, -0.2) is 0 Å². The van der Waals surface area contributed by atoms with Crippen LogP contribution >= 0.6 is 0 Å². The van der Waals surface area contributed by atoms with E-state index in [0.717, 1.165) is 59.4 Å². The molecule has 0 spiro atoms. The van der Waals surface area contributed by atoms with Gasteiger partial charge in [-0.2, -0.15) is 0 Å². The monoisotopic (exact) mass is 420 g/mol. The van der Waals surface area contributed by atoms with Gasteiger partial charge in [-0.05, 0) is 55.5 Å². The maximum Gasteiger partial charge on any atom is 0.259 e. The number of rotatable bonds is 6. The van der Waals surface area contributed by atoms with Crippen LogP contribution in [-0.2, 0) is 13.6 Å². The molecule has 1 aromatic carbocycles. The summed E-state index contributed by atoms with van der Waals surface area (Å²) in [6, 6.07) is 5.92. The SMILES string of the molecule is COc1cc(-c2cn(C)c(=O)c3cnccc23)cc(OC)c1CN(C)C12CC(N)(C1)C2. The van der Waals surface area contributed by atoms with E-state index in [0.29, 0.717) is 5.39 Å². The number of pyridine rings is 2. The molecule has 2 heterocycles. The van der Waals surface area contributed by atoms with E-state index in [2.05, 4.69) is 16.9 Å². The Morgan fingerprint density at radius 1 is 1.16 bits per heavy atom. The van der Waals surface area contributed by atoms with Crippen LogP contribution in [0.4, 0.5) is 0 Å². The molecule has 31 heavy (non-hydrogen) atoms. The molecule has 6 rings (SSSR count). The van der Waals surface area contributed by atoms with Crippen molar-refractivity contribution in [3.8, 4) is 22.6 Å². The van der Waals surface area contributed by atoms with Gasteiger partial charge in [0.05, 0.1) is 25.2 Å². The Morgan fingerprint density at radius 3 is 2.39 bits per heavy atom. The van der Waals surface area contributed by atoms with E-state index in [4.69, 9.17) is 15.2 Å². The highest BCUT2D eigenvalue weighted by Gasteiger charge is 2.67. The molecule has 0 aliphatic heterocycles. The summed E-state index contributed by atoms with van der Waals surface area (Å²) in [5, 5.41) is 1.44. The molecule has 3 aliphatic carbocycles. The summed E-state index contributed by atoms with van der Waals surface area (Å²) in [7, 11) is 7.27. The molecule has 3 aliphatic rings. The quantitative estimate of drug-likeness (QED) is 0.660. The number of hydrogen-bond donors (Lipinski definition) is 1. The first-order valence-electron chi connectivity index (χ1n) is 10.5. The van der Waals surface area contributed by atoms with Gasteiger partial charge < -0.3 is 19.8 Å². The minimum atomic E-state index is -0.0692. The van der Waals surface area contributed by atoms with Crippen molar-refractivity contribution in [2.24, 2.45) is 12.8 Å². The summed E-state index contributed by atoms with van der Waals surface area (Å²) in [4.78, 5) is 19.1. The second kappa shape index (κ2) is 6.80. The van der Waals surface area contributed by atoms with Crippen LogP contribution < -0.4 is 20.8 Å². The molecule has 162 valence electrons. The molecule has 3 fully saturated rings. The van der Waals surface area contributed by atoms with Gasteiger partial charge in [-0.3, -0.25) is 14.7 Å². The zero-order chi connectivity index (χ0) is 22.0. The zero-order valence-corrected chi connectivity index (χ0v) is 18.4. The topological polar surface area (TPSA) is 82.6 Å². The predicted octanol–water partition coefficient (Wildman–Crippen LogP) is 2.68. The number of methoxy groups -OCH3 is 2. The van der Waals surface area contributed by atoms with Crippen LogP contribution in [0.25, 0.3) is 21.9 Å². The predicted molar refractivity (Wildman–Crippen MR) is 120 cm³/mol. The van der Waals surface area contributed by atoms with Crippen molar-refractivity contribution in [2.75, 3.05) is 21.3 Å². The van der Waals surface area contributed by atoms with E-state index in [1.807, 2.05) is 24.4 Å². The maximum absolute atomic E-state index is 12.5. The Hall–Kier alpha value is -2.90. The smallest absolute Gasteiger partial charge is 0.259 e. The van der Waals surface area contributed by atoms with Crippen molar-refractivity contribution in [1.29, 1.82) is 0 Å². The fourth-order valence-electron chi connectivity index (χ4n) is 5.46. The lowest BCUT2D eigenvalue weighted by Crippen LogP contribution is -2.81. The molecule has 7 nitrogen and oxygen atoms in total. The minimum absolute atomic E-state index is 0.0610. The van der Waals surface area contributed by atoms with Gasteiger partial charge in [0.1, 0.15) is 11.5 Å². The number of ether oxygens (including phenoxy) is 2. The molecule has 0 amide bonds.